The molecule has 3 aromatic rings. The Morgan fingerprint density at radius 2 is 1.96 bits per heavy atom. The van der Waals surface area contributed by atoms with Crippen molar-refractivity contribution in [3.63, 3.8) is 0 Å². The van der Waals surface area contributed by atoms with Crippen LogP contribution in [-0.2, 0) is 13.6 Å². The Kier molecular flexibility index (Phi) is 3.73. The highest BCUT2D eigenvalue weighted by Gasteiger charge is 2.20. The van der Waals surface area contributed by atoms with E-state index in [2.05, 4.69) is 4.98 Å². The van der Waals surface area contributed by atoms with Crippen molar-refractivity contribution in [2.75, 3.05) is 7.11 Å². The molecule has 6 nitrogen and oxygen atoms in total. The van der Waals surface area contributed by atoms with Crippen LogP contribution in [-0.4, -0.2) is 27.0 Å². The van der Waals surface area contributed by atoms with E-state index in [0.29, 0.717) is 28.8 Å². The number of aryl methyl sites for hydroxylation is 1. The van der Waals surface area contributed by atoms with Crippen LogP contribution in [0, 0.1) is 0 Å². The second-order valence-corrected chi connectivity index (χ2v) is 5.17. The summed E-state index contributed by atoms with van der Waals surface area (Å²) in [5.41, 5.74) is 1.22. The number of aromatic nitrogens is 3. The van der Waals surface area contributed by atoms with Crippen molar-refractivity contribution in [1.82, 2.24) is 14.1 Å². The molecule has 0 aliphatic heterocycles. The molecule has 1 aromatic carbocycles. The number of ketones is 1. The molecular formula is C17H17N3O3. The van der Waals surface area contributed by atoms with Crippen molar-refractivity contribution in [3.05, 3.63) is 58.0 Å². The molecule has 23 heavy (non-hydrogen) atoms. The van der Waals surface area contributed by atoms with Gasteiger partial charge in [-0.15, -0.1) is 0 Å². The van der Waals surface area contributed by atoms with Gasteiger partial charge in [0.2, 0.25) is 5.78 Å². The normalized spacial score (nSPS) is 10.9. The van der Waals surface area contributed by atoms with Gasteiger partial charge in [0.15, 0.2) is 5.65 Å². The van der Waals surface area contributed by atoms with Crippen molar-refractivity contribution in [3.8, 4) is 6.01 Å². The number of ether oxygens (including phenoxy) is 1. The lowest BCUT2D eigenvalue weighted by atomic mass is 10.1. The van der Waals surface area contributed by atoms with Gasteiger partial charge >= 0.3 is 6.01 Å². The molecule has 0 spiro atoms. The fourth-order valence-electron chi connectivity index (χ4n) is 2.66. The molecule has 0 N–H and O–H groups in total. The van der Waals surface area contributed by atoms with Gasteiger partial charge in [0.05, 0.1) is 18.2 Å². The van der Waals surface area contributed by atoms with Crippen LogP contribution < -0.4 is 10.3 Å². The smallest absolute Gasteiger partial charge is 0.300 e. The average Bonchev–Trinajstić information content (AvgIpc) is 2.92. The van der Waals surface area contributed by atoms with Crippen LogP contribution in [0.3, 0.4) is 0 Å². The van der Waals surface area contributed by atoms with Gasteiger partial charge < -0.3 is 9.30 Å². The third kappa shape index (κ3) is 2.32. The third-order valence-corrected chi connectivity index (χ3v) is 3.88. The molecule has 0 bridgehead atoms. The van der Waals surface area contributed by atoms with Crippen molar-refractivity contribution in [1.29, 1.82) is 0 Å². The first-order valence-corrected chi connectivity index (χ1v) is 7.32. The van der Waals surface area contributed by atoms with Crippen LogP contribution in [0.4, 0.5) is 0 Å². The summed E-state index contributed by atoms with van der Waals surface area (Å²) in [4.78, 5) is 29.6. The summed E-state index contributed by atoms with van der Waals surface area (Å²) in [7, 11) is 3.19. The van der Waals surface area contributed by atoms with Crippen molar-refractivity contribution < 1.29 is 9.53 Å². The number of methoxy groups -OCH3 is 1. The van der Waals surface area contributed by atoms with Gasteiger partial charge in [-0.05, 0) is 13.0 Å². The molecule has 0 aliphatic carbocycles. The minimum atomic E-state index is -0.211. The highest BCUT2D eigenvalue weighted by atomic mass is 16.5. The van der Waals surface area contributed by atoms with E-state index >= 15 is 0 Å². The van der Waals surface area contributed by atoms with Crippen molar-refractivity contribution in [2.45, 2.75) is 13.5 Å². The first kappa shape index (κ1) is 15.0. The number of hydrogen-bond donors (Lipinski definition) is 0. The minimum absolute atomic E-state index is 0.146. The van der Waals surface area contributed by atoms with Crippen LogP contribution in [0.25, 0.3) is 11.0 Å². The molecule has 0 aliphatic rings. The zero-order valence-corrected chi connectivity index (χ0v) is 13.2. The third-order valence-electron chi connectivity index (χ3n) is 3.88. The average molecular weight is 311 g/mol. The number of nitrogens with zero attached hydrogens (tertiary/aromatic N) is 3. The quantitative estimate of drug-likeness (QED) is 0.691. The molecule has 0 amide bonds. The van der Waals surface area contributed by atoms with E-state index in [1.54, 1.807) is 41.9 Å². The molecule has 0 saturated heterocycles. The predicted molar refractivity (Wildman–Crippen MR) is 87.1 cm³/mol. The molecule has 0 fully saturated rings. The molecule has 2 aromatic heterocycles. The Balaban J connectivity index is 2.25. The van der Waals surface area contributed by atoms with E-state index in [1.165, 1.54) is 11.7 Å². The first-order valence-electron chi connectivity index (χ1n) is 7.32. The Morgan fingerprint density at radius 1 is 1.26 bits per heavy atom. The van der Waals surface area contributed by atoms with Gasteiger partial charge in [-0.1, -0.05) is 30.3 Å². The van der Waals surface area contributed by atoms with Crippen LogP contribution in [0.1, 0.15) is 23.0 Å². The molecule has 3 rings (SSSR count). The molecule has 0 unspecified atom stereocenters. The second kappa shape index (κ2) is 5.72. The zero-order valence-electron chi connectivity index (χ0n) is 13.2. The molecule has 118 valence electrons. The van der Waals surface area contributed by atoms with Gasteiger partial charge in [-0.25, -0.2) is 0 Å². The molecule has 0 radical (unpaired) electrons. The fraction of sp³-hybridized carbons (Fsp3) is 0.235. The number of hydrogen-bond acceptors (Lipinski definition) is 4. The topological polar surface area (TPSA) is 66.1 Å². The summed E-state index contributed by atoms with van der Waals surface area (Å²) >= 11 is 0. The van der Waals surface area contributed by atoms with Gasteiger partial charge in [-0.2, -0.15) is 4.98 Å². The Bertz CT molecular complexity index is 939. The van der Waals surface area contributed by atoms with E-state index < -0.39 is 0 Å². The highest BCUT2D eigenvalue weighted by Crippen LogP contribution is 2.19. The van der Waals surface area contributed by atoms with E-state index in [-0.39, 0.29) is 17.4 Å². The lowest BCUT2D eigenvalue weighted by Gasteiger charge is -2.08. The molecule has 0 atom stereocenters. The Hall–Kier alpha value is -2.89. The first-order chi connectivity index (χ1) is 11.1. The maximum Gasteiger partial charge on any atom is 0.300 e. The lowest BCUT2D eigenvalue weighted by Crippen LogP contribution is -2.22. The van der Waals surface area contributed by atoms with Gasteiger partial charge in [0.1, 0.15) is 0 Å². The molecule has 2 heterocycles. The van der Waals surface area contributed by atoms with E-state index in [1.807, 2.05) is 13.0 Å². The minimum Gasteiger partial charge on any atom is -0.468 e. The largest absolute Gasteiger partial charge is 0.468 e. The summed E-state index contributed by atoms with van der Waals surface area (Å²) in [6, 6.07) is 10.8. The summed E-state index contributed by atoms with van der Waals surface area (Å²) in [6.45, 7) is 2.29. The molecule has 0 saturated carbocycles. The zero-order chi connectivity index (χ0) is 16.6. The summed E-state index contributed by atoms with van der Waals surface area (Å²) in [6.07, 6.45) is 0. The van der Waals surface area contributed by atoms with E-state index in [4.69, 9.17) is 4.74 Å². The number of benzene rings is 1. The molecule has 6 heteroatoms. The van der Waals surface area contributed by atoms with E-state index in [0.717, 1.165) is 0 Å². The van der Waals surface area contributed by atoms with Gasteiger partial charge in [0.25, 0.3) is 5.56 Å². The second-order valence-electron chi connectivity index (χ2n) is 5.17. The standard InChI is InChI=1S/C17H17N3O3/c1-4-20-16(22)12-10-13(14(21)11-8-6-5-7-9-11)19(2)15(12)18-17(20)23-3/h5-10H,4H2,1-3H3. The predicted octanol–water partition coefficient (Wildman–Crippen LogP) is 1.99. The summed E-state index contributed by atoms with van der Waals surface area (Å²) in [5.74, 6) is -0.146. The fourth-order valence-corrected chi connectivity index (χ4v) is 2.66. The number of carbonyl (C=O) groups excluding carboxylic acids is 1. The van der Waals surface area contributed by atoms with Crippen LogP contribution in [0.15, 0.2) is 41.2 Å². The van der Waals surface area contributed by atoms with Crippen LogP contribution in [0.2, 0.25) is 0 Å². The summed E-state index contributed by atoms with van der Waals surface area (Å²) in [5, 5.41) is 0.412. The highest BCUT2D eigenvalue weighted by molar-refractivity contribution is 6.10. The maximum atomic E-state index is 12.7. The number of rotatable bonds is 4. The molecular weight excluding hydrogens is 294 g/mol. The van der Waals surface area contributed by atoms with E-state index in [9.17, 15) is 9.59 Å². The Labute approximate surface area is 132 Å². The van der Waals surface area contributed by atoms with Crippen molar-refractivity contribution in [2.24, 2.45) is 7.05 Å². The number of fused-ring (bicyclic) bond motifs is 1. The van der Waals surface area contributed by atoms with Crippen LogP contribution in [0.5, 0.6) is 6.01 Å². The van der Waals surface area contributed by atoms with Gasteiger partial charge in [-0.3, -0.25) is 14.2 Å². The monoisotopic (exact) mass is 311 g/mol. The number of carbonyl (C=O) groups is 1. The Morgan fingerprint density at radius 3 is 2.57 bits per heavy atom. The van der Waals surface area contributed by atoms with Gasteiger partial charge in [0, 0.05) is 19.2 Å². The SMILES string of the molecule is CCn1c(OC)nc2c(cc(C(=O)c3ccccc3)n2C)c1=O. The van der Waals surface area contributed by atoms with Crippen LogP contribution >= 0.6 is 0 Å². The maximum absolute atomic E-state index is 12.7. The lowest BCUT2D eigenvalue weighted by molar-refractivity contribution is 0.103. The van der Waals surface area contributed by atoms with Crippen molar-refractivity contribution >= 4 is 16.8 Å². The summed E-state index contributed by atoms with van der Waals surface area (Å²) < 4.78 is 8.27.